The maximum atomic E-state index is 6.55. The van der Waals surface area contributed by atoms with Crippen LogP contribution in [0.1, 0.15) is 0 Å². The van der Waals surface area contributed by atoms with E-state index in [4.69, 9.17) is 8.83 Å². The maximum absolute atomic E-state index is 6.55. The molecule has 3 heteroatoms. The second-order valence-electron chi connectivity index (χ2n) is 13.7. The Bertz CT molecular complexity index is 3170. The summed E-state index contributed by atoms with van der Waals surface area (Å²) in [6.07, 6.45) is 0. The van der Waals surface area contributed by atoms with E-state index in [1.165, 1.54) is 32.7 Å². The molecule has 11 aromatic rings. The fourth-order valence-electron chi connectivity index (χ4n) is 8.16. The molecule has 3 nitrogen and oxygen atoms in total. The summed E-state index contributed by atoms with van der Waals surface area (Å²) < 4.78 is 12.8. The summed E-state index contributed by atoms with van der Waals surface area (Å²) in [4.78, 5) is 2.39. The molecule has 2 heterocycles. The Morgan fingerprint density at radius 3 is 1.72 bits per heavy atom. The standard InChI is InChI=1S/C50H31NO2/c1-2-10-32(11-3-1)33-22-24-37(25-23-33)51(38-26-28-47-43(31-38)40-14-6-8-16-45(40)52-47)44-27-29-48-50(41-15-7-9-17-46(41)53-48)49(44)36-21-20-35-19-18-34-12-4-5-13-39(34)42(35)30-36/h1-31H. The molecule has 0 bridgehead atoms. The van der Waals surface area contributed by atoms with Gasteiger partial charge in [-0.25, -0.2) is 0 Å². The Morgan fingerprint density at radius 2 is 0.887 bits per heavy atom. The first-order valence-electron chi connectivity index (χ1n) is 18.0. The summed E-state index contributed by atoms with van der Waals surface area (Å²) >= 11 is 0. The molecule has 0 atom stereocenters. The molecule has 0 unspecified atom stereocenters. The summed E-state index contributed by atoms with van der Waals surface area (Å²) in [5.41, 5.74) is 11.2. The smallest absolute Gasteiger partial charge is 0.136 e. The van der Waals surface area contributed by atoms with Gasteiger partial charge in [0.2, 0.25) is 0 Å². The normalized spacial score (nSPS) is 11.8. The van der Waals surface area contributed by atoms with Crippen molar-refractivity contribution in [1.29, 1.82) is 0 Å². The predicted molar refractivity (Wildman–Crippen MR) is 222 cm³/mol. The highest BCUT2D eigenvalue weighted by molar-refractivity contribution is 6.18. The van der Waals surface area contributed by atoms with E-state index in [-0.39, 0.29) is 0 Å². The molecule has 0 amide bonds. The van der Waals surface area contributed by atoms with Crippen molar-refractivity contribution in [2.75, 3.05) is 4.90 Å². The van der Waals surface area contributed by atoms with Crippen LogP contribution < -0.4 is 4.90 Å². The minimum atomic E-state index is 0.860. The SMILES string of the molecule is c1ccc(-c2ccc(N(c3ccc4oc5ccccc5c4c3)c3ccc4oc5ccccc5c4c3-c3ccc4ccc5ccccc5c4c3)cc2)cc1. The molecule has 0 saturated carbocycles. The first-order valence-corrected chi connectivity index (χ1v) is 18.0. The van der Waals surface area contributed by atoms with Gasteiger partial charge >= 0.3 is 0 Å². The van der Waals surface area contributed by atoms with Crippen molar-refractivity contribution in [1.82, 2.24) is 0 Å². The molecule has 0 radical (unpaired) electrons. The molecular weight excluding hydrogens is 647 g/mol. The Kier molecular flexibility index (Phi) is 6.55. The third kappa shape index (κ3) is 4.75. The summed E-state index contributed by atoms with van der Waals surface area (Å²) in [5, 5.41) is 9.27. The van der Waals surface area contributed by atoms with Crippen LogP contribution >= 0.6 is 0 Å². The highest BCUT2D eigenvalue weighted by atomic mass is 16.3. The quantitative estimate of drug-likeness (QED) is 0.170. The lowest BCUT2D eigenvalue weighted by molar-refractivity contribution is 0.668. The number of hydrogen-bond acceptors (Lipinski definition) is 3. The highest BCUT2D eigenvalue weighted by Crippen LogP contribution is 2.48. The zero-order valence-corrected chi connectivity index (χ0v) is 28.7. The maximum Gasteiger partial charge on any atom is 0.136 e. The van der Waals surface area contributed by atoms with Crippen LogP contribution in [0, 0.1) is 0 Å². The minimum Gasteiger partial charge on any atom is -0.456 e. The summed E-state index contributed by atoms with van der Waals surface area (Å²) in [6.45, 7) is 0. The van der Waals surface area contributed by atoms with Gasteiger partial charge in [-0.05, 0) is 98.9 Å². The Hall–Kier alpha value is -7.10. The van der Waals surface area contributed by atoms with Crippen LogP contribution in [0.5, 0.6) is 0 Å². The zero-order valence-electron chi connectivity index (χ0n) is 28.7. The molecule has 0 fully saturated rings. The van der Waals surface area contributed by atoms with Gasteiger partial charge in [0.05, 0.1) is 5.69 Å². The number of hydrogen-bond donors (Lipinski definition) is 0. The third-order valence-corrected chi connectivity index (χ3v) is 10.6. The van der Waals surface area contributed by atoms with E-state index in [2.05, 4.69) is 175 Å². The van der Waals surface area contributed by atoms with E-state index in [1.807, 2.05) is 18.2 Å². The summed E-state index contributed by atoms with van der Waals surface area (Å²) in [7, 11) is 0. The van der Waals surface area contributed by atoms with Crippen molar-refractivity contribution in [3.63, 3.8) is 0 Å². The lowest BCUT2D eigenvalue weighted by Gasteiger charge is -2.28. The van der Waals surface area contributed by atoms with Crippen LogP contribution in [-0.2, 0) is 0 Å². The van der Waals surface area contributed by atoms with Gasteiger partial charge in [0.25, 0.3) is 0 Å². The van der Waals surface area contributed by atoms with Gasteiger partial charge in [-0.3, -0.25) is 0 Å². The molecule has 0 spiro atoms. The number of para-hydroxylation sites is 2. The number of benzene rings is 9. The van der Waals surface area contributed by atoms with Crippen LogP contribution in [0.3, 0.4) is 0 Å². The van der Waals surface area contributed by atoms with Crippen LogP contribution in [0.2, 0.25) is 0 Å². The molecule has 0 N–H and O–H groups in total. The van der Waals surface area contributed by atoms with E-state index in [9.17, 15) is 0 Å². The van der Waals surface area contributed by atoms with Crippen LogP contribution in [0.25, 0.3) is 87.7 Å². The lowest BCUT2D eigenvalue weighted by Crippen LogP contribution is -2.11. The van der Waals surface area contributed by atoms with Gasteiger partial charge in [-0.2, -0.15) is 0 Å². The van der Waals surface area contributed by atoms with Gasteiger partial charge in [0.1, 0.15) is 22.3 Å². The Labute approximate surface area is 305 Å². The molecule has 9 aromatic carbocycles. The molecule has 53 heavy (non-hydrogen) atoms. The average Bonchev–Trinajstić information content (AvgIpc) is 3.79. The van der Waals surface area contributed by atoms with Gasteiger partial charge < -0.3 is 13.7 Å². The van der Waals surface area contributed by atoms with E-state index in [0.717, 1.165) is 72.1 Å². The van der Waals surface area contributed by atoms with E-state index in [0.29, 0.717) is 0 Å². The van der Waals surface area contributed by atoms with Crippen molar-refractivity contribution in [3.8, 4) is 22.3 Å². The van der Waals surface area contributed by atoms with Crippen LogP contribution in [0.15, 0.2) is 197 Å². The number of fused-ring (bicyclic) bond motifs is 9. The summed E-state index contributed by atoms with van der Waals surface area (Å²) in [6, 6.07) is 66.9. The number of rotatable bonds is 5. The van der Waals surface area contributed by atoms with Crippen molar-refractivity contribution in [2.45, 2.75) is 0 Å². The van der Waals surface area contributed by atoms with Crippen LogP contribution in [-0.4, -0.2) is 0 Å². The molecule has 0 aliphatic rings. The van der Waals surface area contributed by atoms with Gasteiger partial charge in [0, 0.05) is 38.5 Å². The predicted octanol–water partition coefficient (Wildman–Crippen LogP) is 14.6. The fourth-order valence-corrected chi connectivity index (χ4v) is 8.16. The third-order valence-electron chi connectivity index (χ3n) is 10.6. The molecular formula is C50H31NO2. The fraction of sp³-hybridized carbons (Fsp3) is 0. The average molecular weight is 678 g/mol. The number of anilines is 3. The zero-order chi connectivity index (χ0) is 34.9. The largest absolute Gasteiger partial charge is 0.456 e. The topological polar surface area (TPSA) is 29.5 Å². The van der Waals surface area contributed by atoms with Gasteiger partial charge in [-0.15, -0.1) is 0 Å². The molecule has 11 rings (SSSR count). The molecule has 0 aliphatic carbocycles. The van der Waals surface area contributed by atoms with Gasteiger partial charge in [0.15, 0.2) is 0 Å². The second-order valence-corrected chi connectivity index (χ2v) is 13.7. The first kappa shape index (κ1) is 29.6. The second kappa shape index (κ2) is 11.7. The van der Waals surface area contributed by atoms with Gasteiger partial charge in [-0.1, -0.05) is 127 Å². The Morgan fingerprint density at radius 1 is 0.321 bits per heavy atom. The van der Waals surface area contributed by atoms with Crippen molar-refractivity contribution < 1.29 is 8.83 Å². The minimum absolute atomic E-state index is 0.860. The number of nitrogens with zero attached hydrogens (tertiary/aromatic N) is 1. The van der Waals surface area contributed by atoms with E-state index < -0.39 is 0 Å². The Balaban J connectivity index is 1.22. The highest BCUT2D eigenvalue weighted by Gasteiger charge is 2.24. The van der Waals surface area contributed by atoms with E-state index in [1.54, 1.807) is 0 Å². The lowest BCUT2D eigenvalue weighted by atomic mass is 9.92. The summed E-state index contributed by atoms with van der Waals surface area (Å²) in [5.74, 6) is 0. The van der Waals surface area contributed by atoms with Crippen LogP contribution in [0.4, 0.5) is 17.1 Å². The van der Waals surface area contributed by atoms with Crippen molar-refractivity contribution in [2.24, 2.45) is 0 Å². The number of furan rings is 2. The van der Waals surface area contributed by atoms with Crippen molar-refractivity contribution in [3.05, 3.63) is 188 Å². The monoisotopic (exact) mass is 677 g/mol. The molecule has 0 aliphatic heterocycles. The molecule has 248 valence electrons. The molecule has 0 saturated heterocycles. The van der Waals surface area contributed by atoms with E-state index >= 15 is 0 Å². The molecule has 2 aromatic heterocycles. The first-order chi connectivity index (χ1) is 26.3. The van der Waals surface area contributed by atoms with Crippen molar-refractivity contribution >= 4 is 82.5 Å².